The van der Waals surface area contributed by atoms with Gasteiger partial charge in [0.05, 0.1) is 6.10 Å². The molecule has 5 nitrogen and oxygen atoms in total. The van der Waals surface area contributed by atoms with Crippen molar-refractivity contribution in [1.29, 1.82) is 0 Å². The van der Waals surface area contributed by atoms with E-state index in [1.807, 2.05) is 36.4 Å². The van der Waals surface area contributed by atoms with E-state index in [0.717, 1.165) is 36.1 Å². The number of carbonyl (C=O) groups excluding carboxylic acids is 2. The second-order valence-electron chi connectivity index (χ2n) is 15.8. The highest BCUT2D eigenvalue weighted by molar-refractivity contribution is 6.99. The summed E-state index contributed by atoms with van der Waals surface area (Å²) in [6, 6.07) is 20.7. The Morgan fingerprint density at radius 1 is 0.977 bits per heavy atom. The van der Waals surface area contributed by atoms with Crippen molar-refractivity contribution < 1.29 is 23.9 Å². The normalized spacial score (nSPS) is 35.8. The number of aliphatic hydroxyl groups is 1. The lowest BCUT2D eigenvalue weighted by atomic mass is 9.43. The van der Waals surface area contributed by atoms with E-state index in [1.54, 1.807) is 0 Å². The summed E-state index contributed by atoms with van der Waals surface area (Å²) in [5.41, 5.74) is -1.21. The summed E-state index contributed by atoms with van der Waals surface area (Å²) in [6.45, 7) is 17.3. The Kier molecular flexibility index (Phi) is 8.89. The fourth-order valence-electron chi connectivity index (χ4n) is 9.83. The first-order chi connectivity index (χ1) is 20.7. The van der Waals surface area contributed by atoms with Crippen molar-refractivity contribution in [3.05, 3.63) is 60.7 Å². The van der Waals surface area contributed by atoms with Gasteiger partial charge in [0, 0.05) is 17.8 Å². The molecule has 0 aliphatic heterocycles. The second-order valence-corrected chi connectivity index (χ2v) is 20.1. The molecule has 5 rings (SSSR count). The molecular weight excluding hydrogens is 564 g/mol. The highest BCUT2D eigenvalue weighted by Crippen LogP contribution is 2.68. The molecule has 2 aromatic carbocycles. The summed E-state index contributed by atoms with van der Waals surface area (Å²) in [6.07, 6.45) is 3.49. The fourth-order valence-corrected chi connectivity index (χ4v) is 14.3. The average Bonchev–Trinajstić information content (AvgIpc) is 3.36. The predicted molar refractivity (Wildman–Crippen MR) is 178 cm³/mol. The fraction of sp³-hybridized carbons (Fsp3) is 0.632. The van der Waals surface area contributed by atoms with Crippen LogP contribution in [0.15, 0.2) is 60.7 Å². The van der Waals surface area contributed by atoms with Crippen molar-refractivity contribution in [3.63, 3.8) is 0 Å². The molecule has 0 saturated heterocycles. The molecule has 2 unspecified atom stereocenters. The average molecular weight is 619 g/mol. The Morgan fingerprint density at radius 3 is 2.07 bits per heavy atom. The standard InChI is InChI=1S/C38H54O5Si/c1-9-36(7)24-31(37(8)26(2)20-22-38(27(3)34(36)41)23-21-30(39)33(37)38)43-32(40)25-42-44(35(4,5)6,28-16-12-10-13-17-28)29-18-14-11-15-19-29/h10-19,26-27,31,33-34,41H,9,20-25H2,1-8H3/t26-,27-,31-,33?,34+,36+,37+,38?/m1/s1. The smallest absolute Gasteiger partial charge is 0.331 e. The van der Waals surface area contributed by atoms with Gasteiger partial charge in [0.25, 0.3) is 8.32 Å². The maximum atomic E-state index is 14.1. The molecule has 3 fully saturated rings. The highest BCUT2D eigenvalue weighted by atomic mass is 28.4. The van der Waals surface area contributed by atoms with Crippen molar-refractivity contribution in [2.45, 2.75) is 111 Å². The van der Waals surface area contributed by atoms with Crippen LogP contribution in [0.4, 0.5) is 0 Å². The number of ether oxygens (including phenoxy) is 1. The molecule has 2 bridgehead atoms. The Labute approximate surface area is 266 Å². The third kappa shape index (κ3) is 5.04. The molecule has 44 heavy (non-hydrogen) atoms. The van der Waals surface area contributed by atoms with Crippen LogP contribution in [0.3, 0.4) is 0 Å². The molecule has 0 heterocycles. The first kappa shape index (κ1) is 33.1. The van der Waals surface area contributed by atoms with E-state index in [4.69, 9.17) is 9.16 Å². The molecule has 0 amide bonds. The van der Waals surface area contributed by atoms with Gasteiger partial charge in [0.15, 0.2) is 0 Å². The predicted octanol–water partition coefficient (Wildman–Crippen LogP) is 6.69. The van der Waals surface area contributed by atoms with E-state index in [2.05, 4.69) is 79.7 Å². The van der Waals surface area contributed by atoms with E-state index in [-0.39, 0.29) is 46.6 Å². The number of carbonyl (C=O) groups is 2. The van der Waals surface area contributed by atoms with Gasteiger partial charge in [0.1, 0.15) is 18.5 Å². The number of rotatable bonds is 7. The number of Topliss-reactive ketones (excluding diaryl/α,β-unsaturated/α-hetero) is 1. The van der Waals surface area contributed by atoms with Crippen molar-refractivity contribution in [2.24, 2.45) is 34.0 Å². The lowest BCUT2D eigenvalue weighted by Gasteiger charge is -2.62. The minimum absolute atomic E-state index is 0.00542. The van der Waals surface area contributed by atoms with Crippen LogP contribution < -0.4 is 10.4 Å². The lowest BCUT2D eigenvalue weighted by molar-refractivity contribution is -0.213. The zero-order valence-corrected chi connectivity index (χ0v) is 29.2. The molecule has 1 N–H and O–H groups in total. The number of aliphatic hydroxyl groups excluding tert-OH is 1. The summed E-state index contributed by atoms with van der Waals surface area (Å²) in [5.74, 6) is -0.116. The lowest BCUT2D eigenvalue weighted by Crippen LogP contribution is -2.67. The summed E-state index contributed by atoms with van der Waals surface area (Å²) in [5, 5.41) is 13.9. The molecule has 6 heteroatoms. The summed E-state index contributed by atoms with van der Waals surface area (Å²) >= 11 is 0. The van der Waals surface area contributed by atoms with E-state index in [1.165, 1.54) is 0 Å². The quantitative estimate of drug-likeness (QED) is 0.276. The third-order valence-electron chi connectivity index (χ3n) is 12.8. The zero-order chi connectivity index (χ0) is 32.1. The van der Waals surface area contributed by atoms with Crippen LogP contribution >= 0.6 is 0 Å². The summed E-state index contributed by atoms with van der Waals surface area (Å²) < 4.78 is 13.6. The molecular formula is C38H54O5Si. The summed E-state index contributed by atoms with van der Waals surface area (Å²) in [4.78, 5) is 27.9. The van der Waals surface area contributed by atoms with Gasteiger partial charge in [-0.15, -0.1) is 0 Å². The number of ketones is 1. The Balaban J connectivity index is 1.52. The van der Waals surface area contributed by atoms with Crippen LogP contribution in [0.2, 0.25) is 5.04 Å². The maximum Gasteiger partial charge on any atom is 0.331 e. The molecule has 240 valence electrons. The van der Waals surface area contributed by atoms with Crippen molar-refractivity contribution >= 4 is 30.4 Å². The van der Waals surface area contributed by atoms with Crippen molar-refractivity contribution in [3.8, 4) is 0 Å². The van der Waals surface area contributed by atoms with Crippen molar-refractivity contribution in [1.82, 2.24) is 0 Å². The number of hydrogen-bond acceptors (Lipinski definition) is 5. The van der Waals surface area contributed by atoms with Crippen LogP contribution in [-0.2, 0) is 18.8 Å². The molecule has 3 aliphatic carbocycles. The number of hydrogen-bond donors (Lipinski definition) is 1. The van der Waals surface area contributed by atoms with Crippen LogP contribution in [0.5, 0.6) is 0 Å². The van der Waals surface area contributed by atoms with Crippen LogP contribution in [0.25, 0.3) is 0 Å². The Bertz CT molecular complexity index is 1300. The molecule has 3 saturated carbocycles. The van der Waals surface area contributed by atoms with E-state index in [9.17, 15) is 14.7 Å². The SMILES string of the molecule is CC[C@@]1(C)C[C@@H](OC(=O)CO[Si](c2ccccc2)(c2ccccc2)C(C)(C)C)[C@@]2(C)C3C(=O)CCC3(CC[C@H]2C)[C@H](C)[C@@H]1O. The molecule has 0 spiro atoms. The van der Waals surface area contributed by atoms with E-state index < -0.39 is 31.4 Å². The molecule has 0 aromatic heterocycles. The van der Waals surface area contributed by atoms with Crippen LogP contribution in [-0.4, -0.2) is 44.0 Å². The van der Waals surface area contributed by atoms with Gasteiger partial charge in [-0.2, -0.15) is 0 Å². The minimum Gasteiger partial charge on any atom is -0.460 e. The van der Waals surface area contributed by atoms with Gasteiger partial charge in [-0.3, -0.25) is 4.79 Å². The topological polar surface area (TPSA) is 72.8 Å². The van der Waals surface area contributed by atoms with Gasteiger partial charge in [0.2, 0.25) is 0 Å². The molecule has 8 atom stereocenters. The third-order valence-corrected chi connectivity index (χ3v) is 17.8. The number of benzene rings is 2. The van der Waals surface area contributed by atoms with Crippen LogP contribution in [0, 0.1) is 34.0 Å². The first-order valence-corrected chi connectivity index (χ1v) is 18.7. The molecule has 0 radical (unpaired) electrons. The second kappa shape index (κ2) is 11.8. The summed E-state index contributed by atoms with van der Waals surface area (Å²) in [7, 11) is -2.94. The monoisotopic (exact) mass is 618 g/mol. The molecule has 2 aromatic rings. The Hall–Kier alpha value is -2.28. The van der Waals surface area contributed by atoms with Gasteiger partial charge in [-0.25, -0.2) is 4.79 Å². The first-order valence-electron chi connectivity index (χ1n) is 16.8. The van der Waals surface area contributed by atoms with Gasteiger partial charge in [-0.1, -0.05) is 116 Å². The minimum atomic E-state index is -2.94. The van der Waals surface area contributed by atoms with E-state index >= 15 is 0 Å². The van der Waals surface area contributed by atoms with Crippen molar-refractivity contribution in [2.75, 3.05) is 6.61 Å². The zero-order valence-electron chi connectivity index (χ0n) is 28.2. The largest absolute Gasteiger partial charge is 0.460 e. The maximum absolute atomic E-state index is 14.1. The van der Waals surface area contributed by atoms with Gasteiger partial charge >= 0.3 is 5.97 Å². The molecule has 3 aliphatic rings. The number of esters is 1. The van der Waals surface area contributed by atoms with Gasteiger partial charge in [-0.05, 0) is 70.2 Å². The van der Waals surface area contributed by atoms with Gasteiger partial charge < -0.3 is 14.3 Å². The van der Waals surface area contributed by atoms with Crippen LogP contribution in [0.1, 0.15) is 93.9 Å². The highest BCUT2D eigenvalue weighted by Gasteiger charge is 2.68. The van der Waals surface area contributed by atoms with E-state index in [0.29, 0.717) is 12.8 Å². The Morgan fingerprint density at radius 2 is 1.55 bits per heavy atom.